The van der Waals surface area contributed by atoms with Gasteiger partial charge >= 0.3 is 0 Å². The number of benzene rings is 3. The van der Waals surface area contributed by atoms with Crippen LogP contribution in [0.4, 0.5) is 0 Å². The summed E-state index contributed by atoms with van der Waals surface area (Å²) in [6.07, 6.45) is 1.88. The van der Waals surface area contributed by atoms with E-state index in [-0.39, 0.29) is 10.0 Å². The number of pyridine rings is 1. The number of nitrogens with one attached hydrogen (secondary N) is 1. The summed E-state index contributed by atoms with van der Waals surface area (Å²) in [6.45, 7) is 4.01. The molecular weight excluding hydrogens is 454 g/mol. The highest BCUT2D eigenvalue weighted by Crippen LogP contribution is 2.38. The van der Waals surface area contributed by atoms with E-state index in [1.165, 1.54) is 4.41 Å². The van der Waals surface area contributed by atoms with Gasteiger partial charge in [0.05, 0.1) is 22.2 Å². The molecule has 4 aromatic rings. The van der Waals surface area contributed by atoms with Gasteiger partial charge in [0, 0.05) is 10.9 Å². The minimum atomic E-state index is -3.88. The van der Waals surface area contributed by atoms with Crippen molar-refractivity contribution in [3.05, 3.63) is 112 Å². The van der Waals surface area contributed by atoms with Gasteiger partial charge in [-0.3, -0.25) is 0 Å². The Kier molecular flexibility index (Phi) is 5.44. The Bertz CT molecular complexity index is 1480. The zero-order valence-electron chi connectivity index (χ0n) is 18.2. The lowest BCUT2D eigenvalue weighted by molar-refractivity contribution is 0.348. The van der Waals surface area contributed by atoms with Gasteiger partial charge in [0.15, 0.2) is 0 Å². The Morgan fingerprint density at radius 3 is 2.33 bits per heavy atom. The predicted octanol–water partition coefficient (Wildman–Crippen LogP) is 5.80. The molecule has 1 aliphatic rings. The molecule has 1 N–H and O–H groups in total. The van der Waals surface area contributed by atoms with Crippen LogP contribution in [0.3, 0.4) is 0 Å². The lowest BCUT2D eigenvalue weighted by Crippen LogP contribution is -2.39. The number of sulfonamides is 1. The van der Waals surface area contributed by atoms with Crippen molar-refractivity contribution in [3.8, 4) is 0 Å². The second-order valence-corrected chi connectivity index (χ2v) is 10.4. The molecule has 0 spiro atoms. The van der Waals surface area contributed by atoms with Crippen LogP contribution in [0.5, 0.6) is 0 Å². The van der Waals surface area contributed by atoms with Crippen LogP contribution in [0, 0.1) is 13.8 Å². The van der Waals surface area contributed by atoms with E-state index in [1.807, 2.05) is 68.5 Å². The smallest absolute Gasteiger partial charge is 0.260 e. The predicted molar refractivity (Wildman–Crippen MR) is 132 cm³/mol. The summed E-state index contributed by atoms with van der Waals surface area (Å²) in [5.74, 6) is 0. The molecule has 1 aliphatic heterocycles. The highest BCUT2D eigenvalue weighted by Gasteiger charge is 2.38. The van der Waals surface area contributed by atoms with E-state index in [2.05, 4.69) is 10.4 Å². The third kappa shape index (κ3) is 4.02. The third-order valence-electron chi connectivity index (χ3n) is 5.74. The Hall–Kier alpha value is -3.19. The van der Waals surface area contributed by atoms with E-state index in [0.29, 0.717) is 11.3 Å². The molecule has 0 bridgehead atoms. The lowest BCUT2D eigenvalue weighted by Gasteiger charge is -2.25. The molecule has 166 valence electrons. The van der Waals surface area contributed by atoms with Crippen LogP contribution in [0.1, 0.15) is 28.3 Å². The van der Waals surface area contributed by atoms with Gasteiger partial charge in [-0.15, -0.1) is 4.41 Å². The molecule has 0 saturated carbocycles. The van der Waals surface area contributed by atoms with Gasteiger partial charge < -0.3 is 5.43 Å². The van der Waals surface area contributed by atoms with Gasteiger partial charge in [0.25, 0.3) is 10.0 Å². The van der Waals surface area contributed by atoms with Crippen LogP contribution < -0.4 is 5.43 Å². The maximum Gasteiger partial charge on any atom is 0.260 e. The van der Waals surface area contributed by atoms with E-state index in [4.69, 9.17) is 11.6 Å². The van der Waals surface area contributed by atoms with E-state index < -0.39 is 16.1 Å². The van der Waals surface area contributed by atoms with Gasteiger partial charge in [-0.1, -0.05) is 71.8 Å². The molecule has 1 atom stereocenters. The summed E-state index contributed by atoms with van der Waals surface area (Å²) >= 11 is 6.62. The maximum absolute atomic E-state index is 13.6. The van der Waals surface area contributed by atoms with Crippen molar-refractivity contribution < 1.29 is 8.42 Å². The first-order valence-electron chi connectivity index (χ1n) is 10.5. The van der Waals surface area contributed by atoms with Crippen molar-refractivity contribution in [1.82, 2.24) is 14.8 Å². The Morgan fingerprint density at radius 1 is 0.909 bits per heavy atom. The second-order valence-electron chi connectivity index (χ2n) is 8.18. The van der Waals surface area contributed by atoms with Crippen molar-refractivity contribution in [3.63, 3.8) is 0 Å². The summed E-state index contributed by atoms with van der Waals surface area (Å²) < 4.78 is 28.5. The molecule has 33 heavy (non-hydrogen) atoms. The highest BCUT2D eigenvalue weighted by atomic mass is 35.5. The molecule has 0 radical (unpaired) electrons. The number of halogens is 1. The standard InChI is InChI=1S/C26H22ClN3O2S/c1-17-8-11-19(12-9-17)24-16-25(30(29-24)33(31,32)21-6-4-3-5-7-21)22-15-20-13-10-18(2)14-23(20)28-26(22)27/h3-16,25,29H,1-2H3/t25-/m0/s1. The van der Waals surface area contributed by atoms with E-state index >= 15 is 0 Å². The van der Waals surface area contributed by atoms with Gasteiger partial charge in [0.1, 0.15) is 5.15 Å². The second kappa shape index (κ2) is 8.30. The number of hydrogen-bond donors (Lipinski definition) is 1. The van der Waals surface area contributed by atoms with Crippen molar-refractivity contribution in [2.75, 3.05) is 0 Å². The molecule has 1 aromatic heterocycles. The van der Waals surface area contributed by atoms with Crippen LogP contribution in [0.15, 0.2) is 89.8 Å². The van der Waals surface area contributed by atoms with Crippen LogP contribution in [-0.2, 0) is 10.0 Å². The SMILES string of the molecule is Cc1ccc(C2=C[C@@H](c3cc4ccc(C)cc4nc3Cl)N(S(=O)(=O)c3ccccc3)N2)cc1. The van der Waals surface area contributed by atoms with Crippen LogP contribution in [0.2, 0.25) is 5.15 Å². The molecule has 0 fully saturated rings. The fraction of sp³-hybridized carbons (Fsp3) is 0.115. The lowest BCUT2D eigenvalue weighted by atomic mass is 10.0. The maximum atomic E-state index is 13.6. The quantitative estimate of drug-likeness (QED) is 0.379. The monoisotopic (exact) mass is 475 g/mol. The van der Waals surface area contributed by atoms with Gasteiger partial charge in [-0.2, -0.15) is 0 Å². The number of rotatable bonds is 4. The van der Waals surface area contributed by atoms with Crippen molar-refractivity contribution in [2.24, 2.45) is 0 Å². The third-order valence-corrected chi connectivity index (χ3v) is 7.75. The molecular formula is C26H22ClN3O2S. The number of aryl methyl sites for hydroxylation is 2. The summed E-state index contributed by atoms with van der Waals surface area (Å²) in [4.78, 5) is 4.76. The van der Waals surface area contributed by atoms with Gasteiger partial charge in [-0.05, 0) is 55.3 Å². The number of hydrazine groups is 1. The topological polar surface area (TPSA) is 62.3 Å². The van der Waals surface area contributed by atoms with E-state index in [0.717, 1.165) is 27.6 Å². The van der Waals surface area contributed by atoms with Crippen LogP contribution in [0.25, 0.3) is 16.6 Å². The zero-order valence-corrected chi connectivity index (χ0v) is 19.7. The van der Waals surface area contributed by atoms with Gasteiger partial charge in [0.2, 0.25) is 0 Å². The first-order chi connectivity index (χ1) is 15.8. The molecule has 5 rings (SSSR count). The first kappa shape index (κ1) is 21.6. The summed E-state index contributed by atoms with van der Waals surface area (Å²) in [5.41, 5.74) is 8.29. The number of hydrogen-bond acceptors (Lipinski definition) is 4. The fourth-order valence-corrected chi connectivity index (χ4v) is 5.63. The fourth-order valence-electron chi connectivity index (χ4n) is 3.95. The molecule has 2 heterocycles. The number of fused-ring (bicyclic) bond motifs is 1. The Morgan fingerprint density at radius 2 is 1.61 bits per heavy atom. The normalized spacial score (nSPS) is 16.6. The summed E-state index contributed by atoms with van der Waals surface area (Å²) in [6, 6.07) is 23.5. The molecule has 3 aromatic carbocycles. The van der Waals surface area contributed by atoms with Crippen LogP contribution >= 0.6 is 11.6 Å². The zero-order chi connectivity index (χ0) is 23.2. The van der Waals surface area contributed by atoms with Crippen LogP contribution in [-0.4, -0.2) is 17.8 Å². The largest absolute Gasteiger partial charge is 0.304 e. The minimum Gasteiger partial charge on any atom is -0.304 e. The van der Waals surface area contributed by atoms with E-state index in [9.17, 15) is 8.42 Å². The molecule has 0 saturated heterocycles. The molecule has 0 unspecified atom stereocenters. The Labute approximate surface area is 198 Å². The molecule has 0 aliphatic carbocycles. The number of aromatic nitrogens is 1. The minimum absolute atomic E-state index is 0.196. The Balaban J connectivity index is 1.66. The summed E-state index contributed by atoms with van der Waals surface area (Å²) in [5, 5.41) is 1.17. The highest BCUT2D eigenvalue weighted by molar-refractivity contribution is 7.89. The van der Waals surface area contributed by atoms with E-state index in [1.54, 1.807) is 30.3 Å². The number of nitrogens with zero attached hydrogens (tertiary/aromatic N) is 2. The van der Waals surface area contributed by atoms with Crippen molar-refractivity contribution in [1.29, 1.82) is 0 Å². The summed E-state index contributed by atoms with van der Waals surface area (Å²) in [7, 11) is -3.88. The molecule has 7 heteroatoms. The average Bonchev–Trinajstić information content (AvgIpc) is 3.26. The average molecular weight is 476 g/mol. The van der Waals surface area contributed by atoms with Crippen molar-refractivity contribution >= 4 is 38.2 Å². The molecule has 5 nitrogen and oxygen atoms in total. The molecule has 0 amide bonds. The van der Waals surface area contributed by atoms with Gasteiger partial charge in [-0.25, -0.2) is 13.4 Å². The van der Waals surface area contributed by atoms with Crippen molar-refractivity contribution in [2.45, 2.75) is 24.8 Å². The first-order valence-corrected chi connectivity index (χ1v) is 12.4.